The lowest BCUT2D eigenvalue weighted by Gasteiger charge is -2.53. The standard InChI is InChI=1S/C21H28FNO3/c22-19-4-2-1-3-18(19)11-20(24)23-14-21(15-23)12-16(8-10-26-21)7-9-25-13-17-5-6-17/h1-4,16-17H,5-15H2/t16-/m0/s1. The number of ether oxygens (including phenoxy) is 2. The molecule has 1 saturated carbocycles. The van der Waals surface area contributed by atoms with E-state index in [-0.39, 0.29) is 23.7 Å². The highest BCUT2D eigenvalue weighted by molar-refractivity contribution is 5.80. The van der Waals surface area contributed by atoms with Crippen LogP contribution in [0.3, 0.4) is 0 Å². The summed E-state index contributed by atoms with van der Waals surface area (Å²) in [5.74, 6) is 1.11. The van der Waals surface area contributed by atoms with Crippen molar-refractivity contribution >= 4 is 5.91 Å². The second-order valence-corrected chi connectivity index (χ2v) is 8.22. The van der Waals surface area contributed by atoms with Crippen LogP contribution >= 0.6 is 0 Å². The summed E-state index contributed by atoms with van der Waals surface area (Å²) < 4.78 is 25.5. The highest BCUT2D eigenvalue weighted by Gasteiger charge is 2.48. The summed E-state index contributed by atoms with van der Waals surface area (Å²) in [5, 5.41) is 0. The van der Waals surface area contributed by atoms with Gasteiger partial charge in [0, 0.05) is 19.8 Å². The molecule has 2 heterocycles. The Hall–Kier alpha value is -1.46. The number of benzene rings is 1. The molecule has 1 aromatic rings. The van der Waals surface area contributed by atoms with Crippen LogP contribution in [0.4, 0.5) is 4.39 Å². The van der Waals surface area contributed by atoms with Crippen molar-refractivity contribution in [3.05, 3.63) is 35.6 Å². The zero-order valence-corrected chi connectivity index (χ0v) is 15.3. The van der Waals surface area contributed by atoms with Gasteiger partial charge in [-0.05, 0) is 55.6 Å². The Balaban J connectivity index is 1.21. The number of halogens is 1. The normalized spacial score (nSPS) is 24.5. The molecule has 1 spiro atoms. The lowest BCUT2D eigenvalue weighted by molar-refractivity contribution is -0.188. The number of likely N-dealkylation sites (tertiary alicyclic amines) is 1. The minimum absolute atomic E-state index is 0.0146. The molecule has 4 rings (SSSR count). The SMILES string of the molecule is O=C(Cc1ccccc1F)N1CC2(C[C@@H](CCOCC3CC3)CCO2)C1. The van der Waals surface area contributed by atoms with E-state index in [0.717, 1.165) is 45.0 Å². The molecule has 26 heavy (non-hydrogen) atoms. The largest absolute Gasteiger partial charge is 0.381 e. The molecule has 0 radical (unpaired) electrons. The fourth-order valence-corrected chi connectivity index (χ4v) is 4.12. The van der Waals surface area contributed by atoms with Gasteiger partial charge in [0.25, 0.3) is 0 Å². The third-order valence-electron chi connectivity index (χ3n) is 5.93. The van der Waals surface area contributed by atoms with E-state index in [0.29, 0.717) is 24.6 Å². The van der Waals surface area contributed by atoms with E-state index in [1.54, 1.807) is 23.1 Å². The van der Waals surface area contributed by atoms with Crippen LogP contribution in [0.15, 0.2) is 24.3 Å². The first-order valence-electron chi connectivity index (χ1n) is 9.86. The summed E-state index contributed by atoms with van der Waals surface area (Å²) >= 11 is 0. The van der Waals surface area contributed by atoms with Crippen molar-refractivity contribution in [2.45, 2.75) is 44.1 Å². The molecule has 0 unspecified atom stereocenters. The van der Waals surface area contributed by atoms with Crippen LogP contribution < -0.4 is 0 Å². The Kier molecular flexibility index (Phi) is 5.28. The summed E-state index contributed by atoms with van der Waals surface area (Å²) in [6.07, 6.45) is 5.96. The van der Waals surface area contributed by atoms with Crippen LogP contribution in [0.1, 0.15) is 37.7 Å². The van der Waals surface area contributed by atoms with Crippen LogP contribution in [-0.2, 0) is 20.7 Å². The zero-order chi connectivity index (χ0) is 18.0. The Morgan fingerprint density at radius 3 is 2.81 bits per heavy atom. The average molecular weight is 361 g/mol. The third-order valence-corrected chi connectivity index (χ3v) is 5.93. The van der Waals surface area contributed by atoms with E-state index in [1.165, 1.54) is 18.9 Å². The van der Waals surface area contributed by atoms with Crippen molar-refractivity contribution in [2.75, 3.05) is 32.9 Å². The number of carbonyl (C=O) groups is 1. The van der Waals surface area contributed by atoms with Crippen molar-refractivity contribution in [3.8, 4) is 0 Å². The molecule has 4 nitrogen and oxygen atoms in total. The summed E-state index contributed by atoms with van der Waals surface area (Å²) in [5.41, 5.74) is 0.290. The van der Waals surface area contributed by atoms with Gasteiger partial charge in [-0.15, -0.1) is 0 Å². The Morgan fingerprint density at radius 1 is 1.23 bits per heavy atom. The van der Waals surface area contributed by atoms with Gasteiger partial charge in [-0.2, -0.15) is 0 Å². The molecule has 3 fully saturated rings. The van der Waals surface area contributed by atoms with Crippen molar-refractivity contribution in [2.24, 2.45) is 11.8 Å². The summed E-state index contributed by atoms with van der Waals surface area (Å²) in [7, 11) is 0. The molecule has 2 saturated heterocycles. The Labute approximate surface area is 154 Å². The summed E-state index contributed by atoms with van der Waals surface area (Å²) in [6.45, 7) is 3.81. The fourth-order valence-electron chi connectivity index (χ4n) is 4.12. The van der Waals surface area contributed by atoms with Crippen LogP contribution in [-0.4, -0.2) is 49.3 Å². The second-order valence-electron chi connectivity index (χ2n) is 8.22. The maximum atomic E-state index is 13.7. The molecular formula is C21H28FNO3. The molecule has 2 aliphatic heterocycles. The smallest absolute Gasteiger partial charge is 0.227 e. The zero-order valence-electron chi connectivity index (χ0n) is 15.3. The average Bonchev–Trinajstić information content (AvgIpc) is 3.43. The van der Waals surface area contributed by atoms with Gasteiger partial charge in [0.15, 0.2) is 0 Å². The highest BCUT2D eigenvalue weighted by atomic mass is 19.1. The van der Waals surface area contributed by atoms with E-state index < -0.39 is 0 Å². The first kappa shape index (κ1) is 17.9. The number of hydrogen-bond acceptors (Lipinski definition) is 3. The van der Waals surface area contributed by atoms with Gasteiger partial charge in [0.2, 0.25) is 5.91 Å². The topological polar surface area (TPSA) is 38.8 Å². The number of amides is 1. The highest BCUT2D eigenvalue weighted by Crippen LogP contribution is 2.38. The third kappa shape index (κ3) is 4.26. The lowest BCUT2D eigenvalue weighted by Crippen LogP contribution is -2.66. The van der Waals surface area contributed by atoms with E-state index in [1.807, 2.05) is 0 Å². The molecule has 3 aliphatic rings. The van der Waals surface area contributed by atoms with E-state index in [9.17, 15) is 9.18 Å². The first-order chi connectivity index (χ1) is 12.6. The van der Waals surface area contributed by atoms with Crippen molar-refractivity contribution < 1.29 is 18.7 Å². The van der Waals surface area contributed by atoms with E-state index in [4.69, 9.17) is 9.47 Å². The molecule has 1 aromatic carbocycles. The Morgan fingerprint density at radius 2 is 2.04 bits per heavy atom. The maximum Gasteiger partial charge on any atom is 0.227 e. The van der Waals surface area contributed by atoms with Crippen LogP contribution in [0.2, 0.25) is 0 Å². The number of nitrogens with zero attached hydrogens (tertiary/aromatic N) is 1. The predicted octanol–water partition coefficient (Wildman–Crippen LogP) is 3.19. The molecule has 0 aromatic heterocycles. The molecule has 1 amide bonds. The van der Waals surface area contributed by atoms with Gasteiger partial charge in [0.05, 0.1) is 19.5 Å². The minimum Gasteiger partial charge on any atom is -0.381 e. The van der Waals surface area contributed by atoms with Gasteiger partial charge in [-0.1, -0.05) is 18.2 Å². The molecule has 1 atom stereocenters. The molecule has 0 N–H and O–H groups in total. The summed E-state index contributed by atoms with van der Waals surface area (Å²) in [4.78, 5) is 14.2. The lowest BCUT2D eigenvalue weighted by atomic mass is 9.79. The Bertz CT molecular complexity index is 640. The minimum atomic E-state index is -0.309. The van der Waals surface area contributed by atoms with Crippen LogP contribution in [0.5, 0.6) is 0 Å². The van der Waals surface area contributed by atoms with Gasteiger partial charge in [0.1, 0.15) is 11.4 Å². The molecular weight excluding hydrogens is 333 g/mol. The van der Waals surface area contributed by atoms with E-state index >= 15 is 0 Å². The van der Waals surface area contributed by atoms with Crippen molar-refractivity contribution in [3.63, 3.8) is 0 Å². The van der Waals surface area contributed by atoms with Crippen molar-refractivity contribution in [1.82, 2.24) is 4.90 Å². The predicted molar refractivity (Wildman–Crippen MR) is 96.3 cm³/mol. The second kappa shape index (κ2) is 7.65. The molecule has 1 aliphatic carbocycles. The van der Waals surface area contributed by atoms with Crippen LogP contribution in [0, 0.1) is 17.7 Å². The van der Waals surface area contributed by atoms with Gasteiger partial charge in [-0.3, -0.25) is 4.79 Å². The van der Waals surface area contributed by atoms with Crippen molar-refractivity contribution in [1.29, 1.82) is 0 Å². The van der Waals surface area contributed by atoms with Gasteiger partial charge in [-0.25, -0.2) is 4.39 Å². The van der Waals surface area contributed by atoms with E-state index in [2.05, 4.69) is 0 Å². The first-order valence-corrected chi connectivity index (χ1v) is 9.86. The monoisotopic (exact) mass is 361 g/mol. The number of hydrogen-bond donors (Lipinski definition) is 0. The van der Waals surface area contributed by atoms with Gasteiger partial charge >= 0.3 is 0 Å². The summed E-state index contributed by atoms with van der Waals surface area (Å²) in [6, 6.07) is 6.49. The number of rotatable bonds is 7. The maximum absolute atomic E-state index is 13.7. The number of carbonyl (C=O) groups excluding carboxylic acids is 1. The van der Waals surface area contributed by atoms with Crippen LogP contribution in [0.25, 0.3) is 0 Å². The fraction of sp³-hybridized carbons (Fsp3) is 0.667. The molecule has 0 bridgehead atoms. The van der Waals surface area contributed by atoms with Gasteiger partial charge < -0.3 is 14.4 Å². The molecule has 142 valence electrons. The quantitative estimate of drug-likeness (QED) is 0.700. The molecule has 5 heteroatoms.